The largest absolute Gasteiger partial charge is 0.387 e. The number of hydrogen-bond donors (Lipinski definition) is 2. The van der Waals surface area contributed by atoms with Crippen molar-refractivity contribution in [3.8, 4) is 0 Å². The second kappa shape index (κ2) is 2.78. The highest BCUT2D eigenvalue weighted by molar-refractivity contribution is 5.97. The van der Waals surface area contributed by atoms with Gasteiger partial charge in [-0.2, -0.15) is 0 Å². The first kappa shape index (κ1) is 9.15. The standard InChI is InChI=1S/C10H12N2O2/c1-10(2)7(13)6-4-3-5-11-8(6)12-9(10)14/h3-5,7,13H,1-2H3,(H,11,12,14). The Bertz CT molecular complexity index is 387. The molecule has 4 nitrogen and oxygen atoms in total. The van der Waals surface area contributed by atoms with Crippen molar-refractivity contribution in [2.24, 2.45) is 5.41 Å². The maximum Gasteiger partial charge on any atom is 0.234 e. The van der Waals surface area contributed by atoms with Gasteiger partial charge in [0.1, 0.15) is 5.82 Å². The van der Waals surface area contributed by atoms with E-state index in [0.29, 0.717) is 11.4 Å². The van der Waals surface area contributed by atoms with E-state index < -0.39 is 11.5 Å². The maximum absolute atomic E-state index is 11.6. The third-order valence-corrected chi connectivity index (χ3v) is 2.63. The van der Waals surface area contributed by atoms with Gasteiger partial charge in [0.05, 0.1) is 11.5 Å². The average molecular weight is 192 g/mol. The van der Waals surface area contributed by atoms with Crippen LogP contribution >= 0.6 is 0 Å². The summed E-state index contributed by atoms with van der Waals surface area (Å²) in [6, 6.07) is 3.52. The van der Waals surface area contributed by atoms with Crippen LogP contribution in [0, 0.1) is 5.41 Å². The predicted molar refractivity (Wildman–Crippen MR) is 51.6 cm³/mol. The highest BCUT2D eigenvalue weighted by atomic mass is 16.3. The van der Waals surface area contributed by atoms with Crippen LogP contribution in [0.15, 0.2) is 18.3 Å². The Hall–Kier alpha value is -1.42. The number of fused-ring (bicyclic) bond motifs is 1. The minimum Gasteiger partial charge on any atom is -0.387 e. The van der Waals surface area contributed by atoms with Crippen molar-refractivity contribution in [2.45, 2.75) is 20.0 Å². The van der Waals surface area contributed by atoms with Gasteiger partial charge in [0.15, 0.2) is 0 Å². The molecule has 74 valence electrons. The minimum atomic E-state index is -0.796. The van der Waals surface area contributed by atoms with E-state index >= 15 is 0 Å². The van der Waals surface area contributed by atoms with Gasteiger partial charge in [-0.25, -0.2) is 4.98 Å². The lowest BCUT2D eigenvalue weighted by molar-refractivity contribution is -0.131. The summed E-state index contributed by atoms with van der Waals surface area (Å²) in [7, 11) is 0. The van der Waals surface area contributed by atoms with Crippen molar-refractivity contribution in [2.75, 3.05) is 5.32 Å². The fourth-order valence-corrected chi connectivity index (χ4v) is 1.52. The van der Waals surface area contributed by atoms with Gasteiger partial charge in [0.2, 0.25) is 5.91 Å². The first-order chi connectivity index (χ1) is 6.53. The smallest absolute Gasteiger partial charge is 0.234 e. The number of aromatic nitrogens is 1. The van der Waals surface area contributed by atoms with Crippen LogP contribution in [0.1, 0.15) is 25.5 Å². The monoisotopic (exact) mass is 192 g/mol. The van der Waals surface area contributed by atoms with Gasteiger partial charge in [-0.05, 0) is 19.9 Å². The first-order valence-corrected chi connectivity index (χ1v) is 4.48. The zero-order valence-electron chi connectivity index (χ0n) is 8.11. The third-order valence-electron chi connectivity index (χ3n) is 2.63. The van der Waals surface area contributed by atoms with Crippen molar-refractivity contribution in [1.29, 1.82) is 0 Å². The van der Waals surface area contributed by atoms with Gasteiger partial charge in [0, 0.05) is 11.8 Å². The van der Waals surface area contributed by atoms with E-state index in [9.17, 15) is 9.90 Å². The molecule has 1 aliphatic rings. The number of hydrogen-bond acceptors (Lipinski definition) is 3. The molecular formula is C10H12N2O2. The molecule has 0 radical (unpaired) electrons. The maximum atomic E-state index is 11.6. The fraction of sp³-hybridized carbons (Fsp3) is 0.400. The number of amides is 1. The summed E-state index contributed by atoms with van der Waals surface area (Å²) < 4.78 is 0. The van der Waals surface area contributed by atoms with Crippen LogP contribution < -0.4 is 5.32 Å². The molecule has 2 heterocycles. The number of anilines is 1. The van der Waals surface area contributed by atoms with E-state index in [1.807, 2.05) is 0 Å². The second-order valence-electron chi connectivity index (χ2n) is 4.02. The van der Waals surface area contributed by atoms with E-state index in [0.717, 1.165) is 0 Å². The summed E-state index contributed by atoms with van der Waals surface area (Å²) in [5, 5.41) is 12.6. The van der Waals surface area contributed by atoms with Gasteiger partial charge in [-0.3, -0.25) is 4.79 Å². The molecule has 0 bridgehead atoms. The molecule has 0 aromatic carbocycles. The fourth-order valence-electron chi connectivity index (χ4n) is 1.52. The molecule has 0 fully saturated rings. The van der Waals surface area contributed by atoms with Crippen LogP contribution in [-0.4, -0.2) is 16.0 Å². The number of aliphatic hydroxyl groups is 1. The molecule has 2 rings (SSSR count). The highest BCUT2D eigenvalue weighted by Gasteiger charge is 2.42. The van der Waals surface area contributed by atoms with E-state index in [2.05, 4.69) is 10.3 Å². The summed E-state index contributed by atoms with van der Waals surface area (Å²) in [6.45, 7) is 3.42. The molecule has 2 N–H and O–H groups in total. The van der Waals surface area contributed by atoms with Gasteiger partial charge in [-0.15, -0.1) is 0 Å². The normalized spacial score (nSPS) is 23.9. The predicted octanol–water partition coefficient (Wildman–Crippen LogP) is 1.09. The van der Waals surface area contributed by atoms with Gasteiger partial charge >= 0.3 is 0 Å². The van der Waals surface area contributed by atoms with Gasteiger partial charge in [0.25, 0.3) is 0 Å². The van der Waals surface area contributed by atoms with Crippen LogP contribution in [-0.2, 0) is 4.79 Å². The van der Waals surface area contributed by atoms with Gasteiger partial charge < -0.3 is 10.4 Å². The number of nitrogens with one attached hydrogen (secondary N) is 1. The molecule has 1 aliphatic heterocycles. The Morgan fingerprint density at radius 2 is 2.29 bits per heavy atom. The Morgan fingerprint density at radius 3 is 3.00 bits per heavy atom. The number of aliphatic hydroxyl groups excluding tert-OH is 1. The summed E-state index contributed by atoms with van der Waals surface area (Å²) in [6.07, 6.45) is 0.796. The molecule has 1 amide bonds. The molecular weight excluding hydrogens is 180 g/mol. The zero-order chi connectivity index (χ0) is 10.3. The molecule has 1 aromatic rings. The average Bonchev–Trinajstić information content (AvgIpc) is 2.15. The first-order valence-electron chi connectivity index (χ1n) is 4.48. The van der Waals surface area contributed by atoms with Crippen molar-refractivity contribution in [3.63, 3.8) is 0 Å². The quantitative estimate of drug-likeness (QED) is 0.646. The third kappa shape index (κ3) is 1.11. The zero-order valence-corrected chi connectivity index (χ0v) is 8.11. The van der Waals surface area contributed by atoms with E-state index in [1.165, 1.54) is 0 Å². The number of carbonyl (C=O) groups is 1. The van der Waals surface area contributed by atoms with Gasteiger partial charge in [-0.1, -0.05) is 6.07 Å². The van der Waals surface area contributed by atoms with Crippen LogP contribution in [0.2, 0.25) is 0 Å². The number of pyridine rings is 1. The van der Waals surface area contributed by atoms with Crippen LogP contribution in [0.25, 0.3) is 0 Å². The summed E-state index contributed by atoms with van der Waals surface area (Å²) >= 11 is 0. The number of carbonyl (C=O) groups excluding carboxylic acids is 1. The molecule has 1 aromatic heterocycles. The Balaban J connectivity index is 2.55. The van der Waals surface area contributed by atoms with Crippen molar-refractivity contribution in [3.05, 3.63) is 23.9 Å². The lowest BCUT2D eigenvalue weighted by atomic mass is 9.79. The number of nitrogens with zero attached hydrogens (tertiary/aromatic N) is 1. The molecule has 0 aliphatic carbocycles. The van der Waals surface area contributed by atoms with Crippen LogP contribution in [0.3, 0.4) is 0 Å². The SMILES string of the molecule is CC1(C)C(=O)Nc2ncccc2C1O. The van der Waals surface area contributed by atoms with Crippen LogP contribution in [0.4, 0.5) is 5.82 Å². The van der Waals surface area contributed by atoms with E-state index in [4.69, 9.17) is 0 Å². The topological polar surface area (TPSA) is 62.2 Å². The Labute approximate surface area is 82.0 Å². The summed E-state index contributed by atoms with van der Waals surface area (Å²) in [5.41, 5.74) is -0.118. The molecule has 14 heavy (non-hydrogen) atoms. The summed E-state index contributed by atoms with van der Waals surface area (Å²) in [4.78, 5) is 15.6. The molecule has 0 saturated heterocycles. The van der Waals surface area contributed by atoms with E-state index in [1.54, 1.807) is 32.2 Å². The van der Waals surface area contributed by atoms with E-state index in [-0.39, 0.29) is 5.91 Å². The van der Waals surface area contributed by atoms with Crippen LogP contribution in [0.5, 0.6) is 0 Å². The summed E-state index contributed by atoms with van der Waals surface area (Å²) in [5.74, 6) is 0.264. The Kier molecular flexibility index (Phi) is 1.82. The van der Waals surface area contributed by atoms with Crippen molar-refractivity contribution in [1.82, 2.24) is 4.98 Å². The lowest BCUT2D eigenvalue weighted by Crippen LogP contribution is -2.41. The molecule has 0 saturated carbocycles. The molecule has 1 atom stereocenters. The van der Waals surface area contributed by atoms with Crippen molar-refractivity contribution < 1.29 is 9.90 Å². The second-order valence-corrected chi connectivity index (χ2v) is 4.02. The van der Waals surface area contributed by atoms with Crippen molar-refractivity contribution >= 4 is 11.7 Å². The molecule has 4 heteroatoms. The number of rotatable bonds is 0. The molecule has 0 spiro atoms. The lowest BCUT2D eigenvalue weighted by Gasteiger charge is -2.34. The Morgan fingerprint density at radius 1 is 1.57 bits per heavy atom. The minimum absolute atomic E-state index is 0.198. The molecule has 1 unspecified atom stereocenters. The highest BCUT2D eigenvalue weighted by Crippen LogP contribution is 2.40.